The minimum atomic E-state index is 0.526. The highest BCUT2D eigenvalue weighted by atomic mass is 35.5. The predicted octanol–water partition coefficient (Wildman–Crippen LogP) is 4.22. The van der Waals surface area contributed by atoms with E-state index >= 15 is 0 Å². The van der Waals surface area contributed by atoms with E-state index in [1.54, 1.807) is 0 Å². The number of benzene rings is 1. The van der Waals surface area contributed by atoms with Gasteiger partial charge in [0.1, 0.15) is 0 Å². The first-order valence-electron chi connectivity index (χ1n) is 6.45. The van der Waals surface area contributed by atoms with E-state index in [1.807, 2.05) is 13.1 Å². The fraction of sp³-hybridized carbons (Fsp3) is 0.600. The standard InChI is InChI=1S/C15H24ClN/c1-11(2)5-8-14(17-4)10-13-7-6-12(3)9-15(13)16/h6-7,9,11,14,17H,5,8,10H2,1-4H3. The van der Waals surface area contributed by atoms with Crippen LogP contribution >= 0.6 is 11.6 Å². The van der Waals surface area contributed by atoms with Crippen LogP contribution in [0.2, 0.25) is 5.02 Å². The highest BCUT2D eigenvalue weighted by Gasteiger charge is 2.10. The maximum atomic E-state index is 6.27. The third kappa shape index (κ3) is 5.10. The minimum absolute atomic E-state index is 0.526. The van der Waals surface area contributed by atoms with Gasteiger partial charge >= 0.3 is 0 Å². The smallest absolute Gasteiger partial charge is 0.0441 e. The van der Waals surface area contributed by atoms with Gasteiger partial charge in [0.2, 0.25) is 0 Å². The zero-order valence-corrected chi connectivity index (χ0v) is 12.1. The second-order valence-electron chi connectivity index (χ2n) is 5.26. The van der Waals surface area contributed by atoms with Crippen LogP contribution in [-0.4, -0.2) is 13.1 Å². The van der Waals surface area contributed by atoms with Gasteiger partial charge < -0.3 is 5.32 Å². The van der Waals surface area contributed by atoms with Crippen LogP contribution in [0.1, 0.15) is 37.8 Å². The Kier molecular flexibility index (Phi) is 6.01. The van der Waals surface area contributed by atoms with Gasteiger partial charge in [-0.15, -0.1) is 0 Å². The molecule has 0 saturated carbocycles. The van der Waals surface area contributed by atoms with Crippen LogP contribution in [0.3, 0.4) is 0 Å². The Morgan fingerprint density at radius 3 is 2.47 bits per heavy atom. The molecule has 17 heavy (non-hydrogen) atoms. The Balaban J connectivity index is 2.60. The maximum Gasteiger partial charge on any atom is 0.0441 e. The SMILES string of the molecule is CNC(CCC(C)C)Cc1ccc(C)cc1Cl. The molecule has 1 rings (SSSR count). The number of hydrogen-bond acceptors (Lipinski definition) is 1. The summed E-state index contributed by atoms with van der Waals surface area (Å²) in [6, 6.07) is 6.86. The summed E-state index contributed by atoms with van der Waals surface area (Å²) < 4.78 is 0. The predicted molar refractivity (Wildman–Crippen MR) is 76.8 cm³/mol. The zero-order chi connectivity index (χ0) is 12.8. The van der Waals surface area contributed by atoms with Crippen molar-refractivity contribution in [3.8, 4) is 0 Å². The molecule has 0 saturated heterocycles. The lowest BCUT2D eigenvalue weighted by molar-refractivity contribution is 0.451. The van der Waals surface area contributed by atoms with Gasteiger partial charge in [0.15, 0.2) is 0 Å². The van der Waals surface area contributed by atoms with Gasteiger partial charge in [-0.25, -0.2) is 0 Å². The van der Waals surface area contributed by atoms with Crippen molar-refractivity contribution in [2.75, 3.05) is 7.05 Å². The molecule has 96 valence electrons. The van der Waals surface area contributed by atoms with E-state index in [0.717, 1.165) is 17.4 Å². The Morgan fingerprint density at radius 1 is 1.24 bits per heavy atom. The molecule has 0 aliphatic carbocycles. The second kappa shape index (κ2) is 7.03. The Morgan fingerprint density at radius 2 is 1.94 bits per heavy atom. The average molecular weight is 254 g/mol. The molecular formula is C15H24ClN. The molecule has 0 aliphatic rings. The van der Waals surface area contributed by atoms with Crippen molar-refractivity contribution in [2.24, 2.45) is 5.92 Å². The maximum absolute atomic E-state index is 6.27. The van der Waals surface area contributed by atoms with E-state index in [1.165, 1.54) is 24.0 Å². The zero-order valence-electron chi connectivity index (χ0n) is 11.4. The van der Waals surface area contributed by atoms with Crippen molar-refractivity contribution in [2.45, 2.75) is 46.1 Å². The van der Waals surface area contributed by atoms with Gasteiger partial charge in [0.05, 0.1) is 0 Å². The molecule has 0 amide bonds. The van der Waals surface area contributed by atoms with Crippen molar-refractivity contribution in [3.63, 3.8) is 0 Å². The lowest BCUT2D eigenvalue weighted by Crippen LogP contribution is -2.28. The van der Waals surface area contributed by atoms with Crippen molar-refractivity contribution in [1.29, 1.82) is 0 Å². The summed E-state index contributed by atoms with van der Waals surface area (Å²) in [7, 11) is 2.03. The Labute approximate surface area is 111 Å². The van der Waals surface area contributed by atoms with Crippen LogP contribution in [0.5, 0.6) is 0 Å². The molecule has 0 spiro atoms. The van der Waals surface area contributed by atoms with E-state index in [2.05, 4.69) is 38.2 Å². The highest BCUT2D eigenvalue weighted by Crippen LogP contribution is 2.20. The third-order valence-electron chi connectivity index (χ3n) is 3.18. The van der Waals surface area contributed by atoms with Crippen LogP contribution in [-0.2, 0) is 6.42 Å². The van der Waals surface area contributed by atoms with Gasteiger partial charge in [-0.05, 0) is 56.3 Å². The number of rotatable bonds is 6. The van der Waals surface area contributed by atoms with Gasteiger partial charge in [-0.2, -0.15) is 0 Å². The summed E-state index contributed by atoms with van der Waals surface area (Å²) in [6.07, 6.45) is 3.48. The topological polar surface area (TPSA) is 12.0 Å². The molecule has 1 aromatic carbocycles. The summed E-state index contributed by atoms with van der Waals surface area (Å²) in [6.45, 7) is 6.61. The molecule has 0 heterocycles. The molecule has 1 atom stereocenters. The van der Waals surface area contributed by atoms with E-state index in [4.69, 9.17) is 11.6 Å². The molecule has 1 unspecified atom stereocenters. The first kappa shape index (κ1) is 14.5. The fourth-order valence-corrected chi connectivity index (χ4v) is 2.28. The Hall–Kier alpha value is -0.530. The van der Waals surface area contributed by atoms with Crippen molar-refractivity contribution in [1.82, 2.24) is 5.32 Å². The van der Waals surface area contributed by atoms with E-state index in [-0.39, 0.29) is 0 Å². The molecule has 1 nitrogen and oxygen atoms in total. The van der Waals surface area contributed by atoms with Crippen LogP contribution in [0, 0.1) is 12.8 Å². The van der Waals surface area contributed by atoms with E-state index in [0.29, 0.717) is 6.04 Å². The fourth-order valence-electron chi connectivity index (χ4n) is 1.97. The van der Waals surface area contributed by atoms with Crippen LogP contribution < -0.4 is 5.32 Å². The first-order chi connectivity index (χ1) is 8.02. The monoisotopic (exact) mass is 253 g/mol. The number of halogens is 1. The lowest BCUT2D eigenvalue weighted by Gasteiger charge is -2.18. The molecular weight excluding hydrogens is 230 g/mol. The summed E-state index contributed by atoms with van der Waals surface area (Å²) in [5, 5.41) is 4.29. The summed E-state index contributed by atoms with van der Waals surface area (Å²) in [4.78, 5) is 0. The number of nitrogens with one attached hydrogen (secondary N) is 1. The summed E-state index contributed by atoms with van der Waals surface area (Å²) >= 11 is 6.27. The van der Waals surface area contributed by atoms with Crippen LogP contribution in [0.4, 0.5) is 0 Å². The number of aryl methyl sites for hydroxylation is 1. The average Bonchev–Trinajstić information content (AvgIpc) is 2.26. The van der Waals surface area contributed by atoms with Gasteiger partial charge in [0, 0.05) is 11.1 Å². The lowest BCUT2D eigenvalue weighted by atomic mass is 9.97. The molecule has 0 fully saturated rings. The van der Waals surface area contributed by atoms with Gasteiger partial charge in [0.25, 0.3) is 0 Å². The van der Waals surface area contributed by atoms with E-state index < -0.39 is 0 Å². The quantitative estimate of drug-likeness (QED) is 0.801. The van der Waals surface area contributed by atoms with E-state index in [9.17, 15) is 0 Å². The number of hydrogen-bond donors (Lipinski definition) is 1. The highest BCUT2D eigenvalue weighted by molar-refractivity contribution is 6.31. The van der Waals surface area contributed by atoms with Crippen molar-refractivity contribution >= 4 is 11.6 Å². The molecule has 0 bridgehead atoms. The minimum Gasteiger partial charge on any atom is -0.317 e. The summed E-state index contributed by atoms with van der Waals surface area (Å²) in [5.74, 6) is 0.763. The summed E-state index contributed by atoms with van der Waals surface area (Å²) in [5.41, 5.74) is 2.47. The molecule has 1 aromatic rings. The third-order valence-corrected chi connectivity index (χ3v) is 3.53. The molecule has 0 aliphatic heterocycles. The normalized spacial score (nSPS) is 13.1. The van der Waals surface area contributed by atoms with Crippen molar-refractivity contribution < 1.29 is 0 Å². The molecule has 2 heteroatoms. The van der Waals surface area contributed by atoms with Crippen LogP contribution in [0.25, 0.3) is 0 Å². The van der Waals surface area contributed by atoms with Crippen LogP contribution in [0.15, 0.2) is 18.2 Å². The largest absolute Gasteiger partial charge is 0.317 e. The van der Waals surface area contributed by atoms with Crippen molar-refractivity contribution in [3.05, 3.63) is 34.3 Å². The first-order valence-corrected chi connectivity index (χ1v) is 6.83. The molecule has 0 radical (unpaired) electrons. The molecule has 1 N–H and O–H groups in total. The Bertz CT molecular complexity index is 347. The molecule has 0 aromatic heterocycles. The van der Waals surface area contributed by atoms with Gasteiger partial charge in [-0.1, -0.05) is 37.6 Å². The number of likely N-dealkylation sites (N-methyl/N-ethyl adjacent to an activating group) is 1. The van der Waals surface area contributed by atoms with Gasteiger partial charge in [-0.3, -0.25) is 0 Å². The second-order valence-corrected chi connectivity index (χ2v) is 5.66.